The number of nitrogens with zero attached hydrogens (tertiary/aromatic N) is 1. The number of hydrogen-bond acceptors (Lipinski definition) is 2. The Morgan fingerprint density at radius 3 is 2.30 bits per heavy atom. The van der Waals surface area contributed by atoms with Gasteiger partial charge in [-0.1, -0.05) is 26.8 Å². The molecular weight excluding hydrogens is 262 g/mol. The molecule has 3 heteroatoms. The first kappa shape index (κ1) is 15.0. The minimum atomic E-state index is -0.789. The van der Waals surface area contributed by atoms with Crippen LogP contribution in [0, 0.1) is 13.8 Å². The lowest BCUT2D eigenvalue weighted by Gasteiger charge is -2.26. The summed E-state index contributed by atoms with van der Waals surface area (Å²) >= 11 is 0. The molecule has 107 valence electrons. The van der Waals surface area contributed by atoms with Crippen molar-refractivity contribution in [2.75, 3.05) is 0 Å². The molecule has 0 aliphatic rings. The van der Waals surface area contributed by atoms with Crippen molar-refractivity contribution in [3.63, 3.8) is 0 Å². The number of benzene rings is 1. The summed E-state index contributed by atoms with van der Waals surface area (Å²) in [6.07, 6.45) is 0. The minimum Gasteiger partial charge on any atom is -0.542 e. The lowest BCUT2D eigenvalue weighted by Crippen LogP contribution is -2.17. The predicted octanol–water partition coefficient (Wildman–Crippen LogP) is 4.78. The molecule has 0 aliphatic carbocycles. The molecule has 0 N–H and O–H groups in total. The quantitative estimate of drug-likeness (QED) is 0.741. The molecule has 2 nitrogen and oxygen atoms in total. The Balaban J connectivity index is 2.88. The number of pyridine rings is 1. The molecule has 1 aromatic carbocycles. The van der Waals surface area contributed by atoms with Gasteiger partial charge >= 0.3 is 0 Å². The molecule has 0 fully saturated rings. The molecule has 0 bridgehead atoms. The van der Waals surface area contributed by atoms with Crippen molar-refractivity contribution < 1.29 is 4.43 Å². The van der Waals surface area contributed by atoms with Crippen molar-refractivity contribution in [2.24, 2.45) is 0 Å². The van der Waals surface area contributed by atoms with Crippen LogP contribution in [0.4, 0.5) is 0 Å². The summed E-state index contributed by atoms with van der Waals surface area (Å²) in [5.74, 6) is 0.988. The van der Waals surface area contributed by atoms with Crippen LogP contribution in [-0.4, -0.2) is 14.0 Å². The molecule has 1 aromatic heterocycles. The SMILES string of the molecule is Cc1nc2cccc(O[Si](C)C)c2c(C(C)(C)C)c1C. The van der Waals surface area contributed by atoms with E-state index < -0.39 is 9.04 Å². The third-order valence-electron chi connectivity index (χ3n) is 3.52. The highest BCUT2D eigenvalue weighted by Crippen LogP contribution is 2.38. The lowest BCUT2D eigenvalue weighted by atomic mass is 9.81. The molecule has 0 saturated heterocycles. The zero-order chi connectivity index (χ0) is 15.1. The molecule has 0 spiro atoms. The van der Waals surface area contributed by atoms with Gasteiger partial charge in [0.1, 0.15) is 5.75 Å². The van der Waals surface area contributed by atoms with Crippen molar-refractivity contribution in [1.29, 1.82) is 0 Å². The monoisotopic (exact) mass is 286 g/mol. The largest absolute Gasteiger partial charge is 0.542 e. The highest BCUT2D eigenvalue weighted by molar-refractivity contribution is 6.49. The number of rotatable bonds is 2. The fourth-order valence-electron chi connectivity index (χ4n) is 2.74. The number of hydrogen-bond donors (Lipinski definition) is 0. The van der Waals surface area contributed by atoms with E-state index in [9.17, 15) is 0 Å². The summed E-state index contributed by atoms with van der Waals surface area (Å²) in [4.78, 5) is 4.75. The normalized spacial score (nSPS) is 12.2. The van der Waals surface area contributed by atoms with E-state index >= 15 is 0 Å². The molecule has 0 amide bonds. The summed E-state index contributed by atoms with van der Waals surface area (Å²) in [5.41, 5.74) is 4.86. The zero-order valence-corrected chi connectivity index (χ0v) is 14.6. The molecule has 20 heavy (non-hydrogen) atoms. The van der Waals surface area contributed by atoms with Crippen LogP contribution in [0.5, 0.6) is 5.75 Å². The Bertz CT molecular complexity index is 641. The molecular formula is C17H24NOSi. The van der Waals surface area contributed by atoms with Crippen molar-refractivity contribution in [3.8, 4) is 5.75 Å². The number of aryl methyl sites for hydroxylation is 1. The van der Waals surface area contributed by atoms with Crippen LogP contribution in [-0.2, 0) is 5.41 Å². The van der Waals surface area contributed by atoms with Gasteiger partial charge in [0.25, 0.3) is 9.04 Å². The van der Waals surface area contributed by atoms with E-state index in [2.05, 4.69) is 59.8 Å². The maximum Gasteiger partial charge on any atom is 0.274 e. The summed E-state index contributed by atoms with van der Waals surface area (Å²) < 4.78 is 6.12. The van der Waals surface area contributed by atoms with Crippen molar-refractivity contribution in [3.05, 3.63) is 35.0 Å². The van der Waals surface area contributed by atoms with Gasteiger partial charge in [-0.15, -0.1) is 0 Å². The van der Waals surface area contributed by atoms with Gasteiger partial charge in [0.05, 0.1) is 5.52 Å². The fraction of sp³-hybridized carbons (Fsp3) is 0.471. The molecule has 2 aromatic rings. The molecule has 0 atom stereocenters. The second kappa shape index (κ2) is 5.21. The van der Waals surface area contributed by atoms with Crippen LogP contribution >= 0.6 is 0 Å². The minimum absolute atomic E-state index is 0.0733. The van der Waals surface area contributed by atoms with Crippen molar-refractivity contribution in [2.45, 2.75) is 53.1 Å². The molecule has 1 radical (unpaired) electrons. The van der Waals surface area contributed by atoms with Crippen LogP contribution in [0.25, 0.3) is 10.9 Å². The van der Waals surface area contributed by atoms with E-state index in [0.717, 1.165) is 17.0 Å². The van der Waals surface area contributed by atoms with Crippen molar-refractivity contribution >= 4 is 19.9 Å². The Morgan fingerprint density at radius 1 is 1.10 bits per heavy atom. The third-order valence-corrected chi connectivity index (χ3v) is 4.15. The van der Waals surface area contributed by atoms with E-state index in [-0.39, 0.29) is 5.41 Å². The smallest absolute Gasteiger partial charge is 0.274 e. The molecule has 1 heterocycles. The Kier molecular flexibility index (Phi) is 3.92. The summed E-state index contributed by atoms with van der Waals surface area (Å²) in [6.45, 7) is 15.4. The number of fused-ring (bicyclic) bond motifs is 1. The molecule has 2 rings (SSSR count). The van der Waals surface area contributed by atoms with Gasteiger partial charge in [0.2, 0.25) is 0 Å². The zero-order valence-electron chi connectivity index (χ0n) is 13.6. The summed E-state index contributed by atoms with van der Waals surface area (Å²) in [5, 5.41) is 1.19. The fourth-order valence-corrected chi connectivity index (χ4v) is 3.35. The van der Waals surface area contributed by atoms with E-state index in [4.69, 9.17) is 9.41 Å². The van der Waals surface area contributed by atoms with Gasteiger partial charge in [-0.2, -0.15) is 0 Å². The van der Waals surface area contributed by atoms with Crippen molar-refractivity contribution in [1.82, 2.24) is 4.98 Å². The molecule has 0 unspecified atom stereocenters. The van der Waals surface area contributed by atoms with Crippen LogP contribution < -0.4 is 4.43 Å². The van der Waals surface area contributed by atoms with Gasteiger partial charge in [-0.25, -0.2) is 0 Å². The van der Waals surface area contributed by atoms with E-state index in [0.29, 0.717) is 0 Å². The Morgan fingerprint density at radius 2 is 1.75 bits per heavy atom. The van der Waals surface area contributed by atoms with Crippen LogP contribution in [0.3, 0.4) is 0 Å². The van der Waals surface area contributed by atoms with Gasteiger partial charge in [-0.3, -0.25) is 4.98 Å². The van der Waals surface area contributed by atoms with Gasteiger partial charge in [-0.05, 0) is 55.6 Å². The Hall–Kier alpha value is -1.35. The van der Waals surface area contributed by atoms with E-state index in [1.54, 1.807) is 0 Å². The highest BCUT2D eigenvalue weighted by atomic mass is 28.3. The first-order chi connectivity index (χ1) is 9.21. The first-order valence-electron chi connectivity index (χ1n) is 7.10. The maximum absolute atomic E-state index is 6.12. The second-order valence-corrected chi connectivity index (χ2v) is 8.63. The van der Waals surface area contributed by atoms with Crippen LogP contribution in [0.1, 0.15) is 37.6 Å². The van der Waals surface area contributed by atoms with Gasteiger partial charge in [0.15, 0.2) is 0 Å². The van der Waals surface area contributed by atoms with Gasteiger partial charge in [0, 0.05) is 11.1 Å². The predicted molar refractivity (Wildman–Crippen MR) is 88.0 cm³/mol. The molecule has 0 aliphatic heterocycles. The topological polar surface area (TPSA) is 22.1 Å². The molecule has 0 saturated carbocycles. The number of aromatic nitrogens is 1. The van der Waals surface area contributed by atoms with E-state index in [1.165, 1.54) is 16.5 Å². The maximum atomic E-state index is 6.12. The standard InChI is InChI=1S/C17H24NOSi/c1-11-12(2)18-13-9-8-10-14(19-20(6)7)15(13)16(11)17(3,4)5/h8-10H,1-7H3. The summed E-state index contributed by atoms with van der Waals surface area (Å²) in [7, 11) is -0.789. The van der Waals surface area contributed by atoms with E-state index in [1.807, 2.05) is 6.07 Å². The third kappa shape index (κ3) is 2.73. The van der Waals surface area contributed by atoms with Crippen LogP contribution in [0.2, 0.25) is 13.1 Å². The highest BCUT2D eigenvalue weighted by Gasteiger charge is 2.24. The lowest BCUT2D eigenvalue weighted by molar-refractivity contribution is 0.571. The average Bonchev–Trinajstić information content (AvgIpc) is 2.29. The van der Waals surface area contributed by atoms with Gasteiger partial charge < -0.3 is 4.43 Å². The van der Waals surface area contributed by atoms with Crippen LogP contribution in [0.15, 0.2) is 18.2 Å². The Labute approximate surface area is 123 Å². The first-order valence-corrected chi connectivity index (χ1v) is 9.51. The average molecular weight is 286 g/mol. The second-order valence-electron chi connectivity index (χ2n) is 6.61. The summed E-state index contributed by atoms with van der Waals surface area (Å²) in [6, 6.07) is 6.20.